The van der Waals surface area contributed by atoms with Gasteiger partial charge in [-0.3, -0.25) is 9.69 Å². The van der Waals surface area contributed by atoms with Crippen LogP contribution in [0.4, 0.5) is 0 Å². The molecule has 2 atom stereocenters. The maximum Gasteiger partial charge on any atom is 0.131 e. The molecule has 1 aliphatic heterocycles. The smallest absolute Gasteiger partial charge is 0.131 e. The molecule has 0 radical (unpaired) electrons. The molecule has 0 aliphatic carbocycles. The molecule has 1 N–H and O–H groups in total. The predicted octanol–water partition coefficient (Wildman–Crippen LogP) is 2.39. The minimum absolute atomic E-state index is 0.246. The van der Waals surface area contributed by atoms with Crippen molar-refractivity contribution >= 4 is 5.78 Å². The lowest BCUT2D eigenvalue weighted by Crippen LogP contribution is -2.42. The summed E-state index contributed by atoms with van der Waals surface area (Å²) in [6.07, 6.45) is 6.99. The standard InChI is InChI=1S/C16H31NO3/c1-3-4-10-20-13-16(19)12-17-9-7-5-6-8-15(17)11-14(2)18/h15-16,19H,3-13H2,1-2H3. The average Bonchev–Trinajstić information content (AvgIpc) is 2.60. The second-order valence-corrected chi connectivity index (χ2v) is 5.99. The van der Waals surface area contributed by atoms with Crippen LogP contribution in [0.25, 0.3) is 0 Å². The number of unbranched alkanes of at least 4 members (excludes halogenated alkanes) is 1. The molecule has 118 valence electrons. The van der Waals surface area contributed by atoms with Crippen LogP contribution in [0.15, 0.2) is 0 Å². The van der Waals surface area contributed by atoms with Gasteiger partial charge in [0.15, 0.2) is 0 Å². The molecule has 0 aromatic carbocycles. The Kier molecular flexibility index (Phi) is 9.07. The number of aliphatic hydroxyl groups is 1. The number of hydrogen-bond acceptors (Lipinski definition) is 4. The highest BCUT2D eigenvalue weighted by Gasteiger charge is 2.24. The molecule has 0 aromatic rings. The number of carbonyl (C=O) groups excluding carboxylic acids is 1. The predicted molar refractivity (Wildman–Crippen MR) is 80.9 cm³/mol. The summed E-state index contributed by atoms with van der Waals surface area (Å²) in [5.41, 5.74) is 0. The van der Waals surface area contributed by atoms with Crippen molar-refractivity contribution in [2.75, 3.05) is 26.3 Å². The summed E-state index contributed by atoms with van der Waals surface area (Å²) in [6, 6.07) is 0.306. The third kappa shape index (κ3) is 7.36. The molecular formula is C16H31NO3. The largest absolute Gasteiger partial charge is 0.389 e. The van der Waals surface area contributed by atoms with Crippen molar-refractivity contribution in [3.05, 3.63) is 0 Å². The lowest BCUT2D eigenvalue weighted by atomic mass is 10.0. The quantitative estimate of drug-likeness (QED) is 0.661. The van der Waals surface area contributed by atoms with Crippen LogP contribution in [0.5, 0.6) is 0 Å². The second-order valence-electron chi connectivity index (χ2n) is 5.99. The lowest BCUT2D eigenvalue weighted by molar-refractivity contribution is -0.118. The molecule has 1 saturated heterocycles. The van der Waals surface area contributed by atoms with Crippen molar-refractivity contribution in [1.82, 2.24) is 4.90 Å². The van der Waals surface area contributed by atoms with Crippen molar-refractivity contribution in [2.45, 2.75) is 70.9 Å². The number of hydrogen-bond donors (Lipinski definition) is 1. The van der Waals surface area contributed by atoms with E-state index in [9.17, 15) is 9.90 Å². The number of carbonyl (C=O) groups is 1. The highest BCUT2D eigenvalue weighted by molar-refractivity contribution is 5.76. The summed E-state index contributed by atoms with van der Waals surface area (Å²) in [5, 5.41) is 10.1. The Hall–Kier alpha value is -0.450. The normalized spacial score (nSPS) is 22.4. The Morgan fingerprint density at radius 3 is 2.90 bits per heavy atom. The maximum absolute atomic E-state index is 11.4. The first-order valence-corrected chi connectivity index (χ1v) is 8.12. The Labute approximate surface area is 123 Å². The molecule has 1 aliphatic rings. The molecule has 4 heteroatoms. The van der Waals surface area contributed by atoms with Crippen LogP contribution in [-0.4, -0.2) is 54.2 Å². The van der Waals surface area contributed by atoms with E-state index in [0.29, 0.717) is 25.6 Å². The van der Waals surface area contributed by atoms with Crippen LogP contribution in [0.1, 0.15) is 58.8 Å². The van der Waals surface area contributed by atoms with Crippen LogP contribution in [-0.2, 0) is 9.53 Å². The molecule has 20 heavy (non-hydrogen) atoms. The van der Waals surface area contributed by atoms with E-state index >= 15 is 0 Å². The van der Waals surface area contributed by atoms with Gasteiger partial charge in [0.1, 0.15) is 5.78 Å². The van der Waals surface area contributed by atoms with Gasteiger partial charge in [0.25, 0.3) is 0 Å². The van der Waals surface area contributed by atoms with E-state index in [1.807, 2.05) is 0 Å². The van der Waals surface area contributed by atoms with Gasteiger partial charge in [-0.25, -0.2) is 0 Å². The van der Waals surface area contributed by atoms with Crippen LogP contribution < -0.4 is 0 Å². The molecule has 2 unspecified atom stereocenters. The molecule has 4 nitrogen and oxygen atoms in total. The molecule has 1 heterocycles. The number of rotatable bonds is 9. The first-order chi connectivity index (χ1) is 9.63. The van der Waals surface area contributed by atoms with Gasteiger partial charge in [-0.1, -0.05) is 26.2 Å². The van der Waals surface area contributed by atoms with E-state index in [-0.39, 0.29) is 5.78 Å². The molecule has 0 bridgehead atoms. The van der Waals surface area contributed by atoms with Crippen molar-refractivity contribution < 1.29 is 14.6 Å². The molecule has 0 spiro atoms. The van der Waals surface area contributed by atoms with Gasteiger partial charge in [-0.2, -0.15) is 0 Å². The Morgan fingerprint density at radius 2 is 2.20 bits per heavy atom. The fraction of sp³-hybridized carbons (Fsp3) is 0.938. The zero-order valence-corrected chi connectivity index (χ0v) is 13.1. The SMILES string of the molecule is CCCCOCC(O)CN1CCCCCC1CC(C)=O. The Morgan fingerprint density at radius 1 is 1.40 bits per heavy atom. The number of aliphatic hydroxyl groups excluding tert-OH is 1. The van der Waals surface area contributed by atoms with Gasteiger partial charge in [-0.05, 0) is 32.7 Å². The van der Waals surface area contributed by atoms with E-state index in [4.69, 9.17) is 4.74 Å². The molecule has 1 fully saturated rings. The molecule has 0 amide bonds. The number of ether oxygens (including phenoxy) is 1. The zero-order chi connectivity index (χ0) is 14.8. The van der Waals surface area contributed by atoms with Crippen LogP contribution >= 0.6 is 0 Å². The van der Waals surface area contributed by atoms with E-state index < -0.39 is 6.10 Å². The summed E-state index contributed by atoms with van der Waals surface area (Å²) in [6.45, 7) is 6.54. The topological polar surface area (TPSA) is 49.8 Å². The van der Waals surface area contributed by atoms with Gasteiger partial charge >= 0.3 is 0 Å². The monoisotopic (exact) mass is 285 g/mol. The number of β-amino-alcohol motifs (C(OH)–C–C–N with tert-alkyl or cyclic N) is 1. The Balaban J connectivity index is 2.37. The van der Waals surface area contributed by atoms with Gasteiger partial charge in [0.2, 0.25) is 0 Å². The Bertz CT molecular complexity index is 270. The summed E-state index contributed by atoms with van der Waals surface area (Å²) in [5.74, 6) is 0.246. The molecule has 0 saturated carbocycles. The van der Waals surface area contributed by atoms with Gasteiger partial charge < -0.3 is 9.84 Å². The van der Waals surface area contributed by atoms with Crippen molar-refractivity contribution in [2.24, 2.45) is 0 Å². The van der Waals surface area contributed by atoms with Crippen LogP contribution in [0.2, 0.25) is 0 Å². The summed E-state index contributed by atoms with van der Waals surface area (Å²) < 4.78 is 5.48. The summed E-state index contributed by atoms with van der Waals surface area (Å²) in [4.78, 5) is 13.7. The third-order valence-electron chi connectivity index (χ3n) is 3.92. The van der Waals surface area contributed by atoms with E-state index in [2.05, 4.69) is 11.8 Å². The lowest BCUT2D eigenvalue weighted by Gasteiger charge is -2.31. The van der Waals surface area contributed by atoms with E-state index in [1.165, 1.54) is 12.8 Å². The number of Topliss-reactive ketones (excluding diaryl/α,β-unsaturated/α-hetero) is 1. The molecule has 1 rings (SSSR count). The number of nitrogens with zero attached hydrogens (tertiary/aromatic N) is 1. The first kappa shape index (κ1) is 17.6. The number of ketones is 1. The van der Waals surface area contributed by atoms with Crippen molar-refractivity contribution in [1.29, 1.82) is 0 Å². The third-order valence-corrected chi connectivity index (χ3v) is 3.92. The van der Waals surface area contributed by atoms with Crippen LogP contribution in [0, 0.1) is 0 Å². The minimum Gasteiger partial charge on any atom is -0.389 e. The van der Waals surface area contributed by atoms with Crippen LogP contribution in [0.3, 0.4) is 0 Å². The average molecular weight is 285 g/mol. The second kappa shape index (κ2) is 10.3. The zero-order valence-electron chi connectivity index (χ0n) is 13.1. The van der Waals surface area contributed by atoms with Gasteiger partial charge in [0, 0.05) is 25.6 Å². The summed E-state index contributed by atoms with van der Waals surface area (Å²) >= 11 is 0. The summed E-state index contributed by atoms with van der Waals surface area (Å²) in [7, 11) is 0. The molecule has 0 aromatic heterocycles. The van der Waals surface area contributed by atoms with Gasteiger partial charge in [0.05, 0.1) is 12.7 Å². The van der Waals surface area contributed by atoms with Crippen molar-refractivity contribution in [3.63, 3.8) is 0 Å². The molecular weight excluding hydrogens is 254 g/mol. The maximum atomic E-state index is 11.4. The highest BCUT2D eigenvalue weighted by atomic mass is 16.5. The van der Waals surface area contributed by atoms with E-state index in [1.54, 1.807) is 6.92 Å². The fourth-order valence-corrected chi connectivity index (χ4v) is 2.83. The highest BCUT2D eigenvalue weighted by Crippen LogP contribution is 2.19. The van der Waals surface area contributed by atoms with Crippen molar-refractivity contribution in [3.8, 4) is 0 Å². The van der Waals surface area contributed by atoms with E-state index in [0.717, 1.165) is 38.8 Å². The van der Waals surface area contributed by atoms with Gasteiger partial charge in [-0.15, -0.1) is 0 Å². The minimum atomic E-state index is -0.445. The first-order valence-electron chi connectivity index (χ1n) is 8.12. The fourth-order valence-electron chi connectivity index (χ4n) is 2.83. The number of likely N-dealkylation sites (tertiary alicyclic amines) is 1.